The summed E-state index contributed by atoms with van der Waals surface area (Å²) in [4.78, 5) is 2.27. The second kappa shape index (κ2) is 7.87. The van der Waals surface area contributed by atoms with E-state index >= 15 is 0 Å². The molecule has 0 atom stereocenters. The molecule has 1 aliphatic rings. The van der Waals surface area contributed by atoms with Gasteiger partial charge in [0, 0.05) is 43.5 Å². The van der Waals surface area contributed by atoms with Gasteiger partial charge in [-0.1, -0.05) is 17.7 Å². The molecule has 1 aromatic carbocycles. The second-order valence-electron chi connectivity index (χ2n) is 5.63. The van der Waals surface area contributed by atoms with Crippen LogP contribution in [-0.4, -0.2) is 31.3 Å². The van der Waals surface area contributed by atoms with Gasteiger partial charge in [-0.25, -0.2) is 0 Å². The molecule has 1 fully saturated rings. The van der Waals surface area contributed by atoms with Crippen LogP contribution in [0.1, 0.15) is 37.7 Å². The number of hydrogen-bond acceptors (Lipinski definition) is 3. The van der Waals surface area contributed by atoms with Crippen LogP contribution in [-0.2, 0) is 6.54 Å². The highest BCUT2D eigenvalue weighted by molar-refractivity contribution is 6.30. The molecule has 20 heavy (non-hydrogen) atoms. The normalized spacial score (nSPS) is 14.6. The van der Waals surface area contributed by atoms with Gasteiger partial charge in [-0.15, -0.1) is 0 Å². The molecule has 0 saturated heterocycles. The zero-order valence-electron chi connectivity index (χ0n) is 12.2. The van der Waals surface area contributed by atoms with Crippen molar-refractivity contribution in [3.8, 4) is 0 Å². The minimum atomic E-state index is 0.289. The molecule has 0 bridgehead atoms. The Kier molecular flexibility index (Phi) is 6.14. The van der Waals surface area contributed by atoms with Gasteiger partial charge < -0.3 is 15.3 Å². The molecule has 0 aromatic heterocycles. The molecular weight excluding hydrogens is 272 g/mol. The highest BCUT2D eigenvalue weighted by Gasteiger charge is 2.20. The number of benzene rings is 1. The van der Waals surface area contributed by atoms with Gasteiger partial charge in [0.15, 0.2) is 0 Å². The van der Waals surface area contributed by atoms with Crippen LogP contribution in [0.3, 0.4) is 0 Å². The van der Waals surface area contributed by atoms with Gasteiger partial charge >= 0.3 is 0 Å². The van der Waals surface area contributed by atoms with Crippen molar-refractivity contribution >= 4 is 17.3 Å². The summed E-state index contributed by atoms with van der Waals surface area (Å²) in [5, 5.41) is 13.2. The van der Waals surface area contributed by atoms with E-state index in [0.717, 1.165) is 37.4 Å². The maximum atomic E-state index is 8.82. The number of rotatable bonds is 9. The van der Waals surface area contributed by atoms with E-state index in [9.17, 15) is 0 Å². The van der Waals surface area contributed by atoms with Crippen LogP contribution in [0.4, 0.5) is 5.69 Å². The monoisotopic (exact) mass is 296 g/mol. The van der Waals surface area contributed by atoms with Gasteiger partial charge in [0.2, 0.25) is 0 Å². The summed E-state index contributed by atoms with van der Waals surface area (Å²) in [6.45, 7) is 2.20. The molecule has 1 aromatic rings. The first kappa shape index (κ1) is 15.6. The van der Waals surface area contributed by atoms with Gasteiger partial charge in [-0.2, -0.15) is 0 Å². The SMILES string of the molecule is CN(CCCCCO)c1cc(Cl)ccc1CNC1CC1. The number of nitrogens with zero attached hydrogens (tertiary/aromatic N) is 1. The van der Waals surface area contributed by atoms with Gasteiger partial charge in [-0.3, -0.25) is 0 Å². The topological polar surface area (TPSA) is 35.5 Å². The van der Waals surface area contributed by atoms with E-state index in [1.807, 2.05) is 6.07 Å². The van der Waals surface area contributed by atoms with Crippen LogP contribution in [0.25, 0.3) is 0 Å². The van der Waals surface area contributed by atoms with Crippen molar-refractivity contribution in [2.45, 2.75) is 44.7 Å². The predicted molar refractivity (Wildman–Crippen MR) is 85.5 cm³/mol. The number of aliphatic hydroxyl groups is 1. The third kappa shape index (κ3) is 4.97. The van der Waals surface area contributed by atoms with Crippen molar-refractivity contribution in [2.75, 3.05) is 25.1 Å². The van der Waals surface area contributed by atoms with Crippen molar-refractivity contribution in [1.82, 2.24) is 5.32 Å². The van der Waals surface area contributed by atoms with Crippen LogP contribution in [0, 0.1) is 0 Å². The smallest absolute Gasteiger partial charge is 0.0431 e. The summed E-state index contributed by atoms with van der Waals surface area (Å²) in [6.07, 6.45) is 5.66. The Morgan fingerprint density at radius 2 is 2.10 bits per heavy atom. The number of halogens is 1. The third-order valence-electron chi connectivity index (χ3n) is 3.77. The maximum absolute atomic E-state index is 8.82. The fourth-order valence-corrected chi connectivity index (χ4v) is 2.51. The molecule has 0 heterocycles. The molecular formula is C16H25ClN2O. The standard InChI is InChI=1S/C16H25ClN2O/c1-19(9-3-2-4-10-20)16-11-14(17)6-5-13(16)12-18-15-7-8-15/h5-6,11,15,18,20H,2-4,7-10,12H2,1H3. The lowest BCUT2D eigenvalue weighted by Crippen LogP contribution is -2.23. The molecule has 112 valence electrons. The number of hydrogen-bond donors (Lipinski definition) is 2. The molecule has 2 rings (SSSR count). The minimum Gasteiger partial charge on any atom is -0.396 e. The van der Waals surface area contributed by atoms with Crippen molar-refractivity contribution in [1.29, 1.82) is 0 Å². The Hall–Kier alpha value is -0.770. The Bertz CT molecular complexity index is 421. The van der Waals surface area contributed by atoms with Gasteiger partial charge in [0.25, 0.3) is 0 Å². The molecule has 0 amide bonds. The fourth-order valence-electron chi connectivity index (χ4n) is 2.34. The largest absolute Gasteiger partial charge is 0.396 e. The van der Waals surface area contributed by atoms with E-state index in [1.54, 1.807) is 0 Å². The first-order chi connectivity index (χ1) is 9.70. The molecule has 0 aliphatic heterocycles. The maximum Gasteiger partial charge on any atom is 0.0431 e. The number of nitrogens with one attached hydrogen (secondary N) is 1. The Morgan fingerprint density at radius 1 is 1.30 bits per heavy atom. The Morgan fingerprint density at radius 3 is 2.80 bits per heavy atom. The molecule has 4 heteroatoms. The fraction of sp³-hybridized carbons (Fsp3) is 0.625. The summed E-state index contributed by atoms with van der Waals surface area (Å²) < 4.78 is 0. The first-order valence-electron chi connectivity index (χ1n) is 7.54. The second-order valence-corrected chi connectivity index (χ2v) is 6.07. The van der Waals surface area contributed by atoms with Gasteiger partial charge in [0.05, 0.1) is 0 Å². The lowest BCUT2D eigenvalue weighted by Gasteiger charge is -2.23. The van der Waals surface area contributed by atoms with Crippen LogP contribution >= 0.6 is 11.6 Å². The van der Waals surface area contributed by atoms with E-state index in [0.29, 0.717) is 6.04 Å². The highest BCUT2D eigenvalue weighted by atomic mass is 35.5. The van der Waals surface area contributed by atoms with Crippen LogP contribution in [0.15, 0.2) is 18.2 Å². The van der Waals surface area contributed by atoms with Crippen molar-refractivity contribution in [3.05, 3.63) is 28.8 Å². The zero-order valence-corrected chi connectivity index (χ0v) is 13.0. The average Bonchev–Trinajstić information content (AvgIpc) is 3.26. The van der Waals surface area contributed by atoms with Crippen molar-refractivity contribution < 1.29 is 5.11 Å². The van der Waals surface area contributed by atoms with Crippen LogP contribution in [0.2, 0.25) is 5.02 Å². The minimum absolute atomic E-state index is 0.289. The van der Waals surface area contributed by atoms with Gasteiger partial charge in [0.1, 0.15) is 0 Å². The summed E-state index contributed by atoms with van der Waals surface area (Å²) in [5.74, 6) is 0. The molecule has 0 unspecified atom stereocenters. The molecule has 2 N–H and O–H groups in total. The lowest BCUT2D eigenvalue weighted by molar-refractivity contribution is 0.283. The van der Waals surface area contributed by atoms with Gasteiger partial charge in [-0.05, 0) is 49.8 Å². The van der Waals surface area contributed by atoms with E-state index in [2.05, 4.69) is 29.4 Å². The molecule has 1 aliphatic carbocycles. The lowest BCUT2D eigenvalue weighted by atomic mass is 10.1. The van der Waals surface area contributed by atoms with E-state index in [-0.39, 0.29) is 6.61 Å². The average molecular weight is 297 g/mol. The van der Waals surface area contributed by atoms with E-state index in [4.69, 9.17) is 16.7 Å². The molecule has 0 radical (unpaired) electrons. The van der Waals surface area contributed by atoms with Crippen LogP contribution < -0.4 is 10.2 Å². The third-order valence-corrected chi connectivity index (χ3v) is 4.00. The molecule has 1 saturated carbocycles. The Balaban J connectivity index is 1.93. The van der Waals surface area contributed by atoms with Crippen LogP contribution in [0.5, 0.6) is 0 Å². The summed E-state index contributed by atoms with van der Waals surface area (Å²) >= 11 is 6.14. The van der Waals surface area contributed by atoms with E-state index < -0.39 is 0 Å². The number of unbranched alkanes of at least 4 members (excludes halogenated alkanes) is 2. The summed E-state index contributed by atoms with van der Waals surface area (Å²) in [5.41, 5.74) is 2.53. The quantitative estimate of drug-likeness (QED) is 0.687. The Labute approximate surface area is 126 Å². The van der Waals surface area contributed by atoms with Crippen molar-refractivity contribution in [2.24, 2.45) is 0 Å². The first-order valence-corrected chi connectivity index (χ1v) is 7.92. The summed E-state index contributed by atoms with van der Waals surface area (Å²) in [7, 11) is 2.12. The number of anilines is 1. The summed E-state index contributed by atoms with van der Waals surface area (Å²) in [6, 6.07) is 6.86. The predicted octanol–water partition coefficient (Wildman–Crippen LogP) is 3.19. The van der Waals surface area contributed by atoms with Crippen molar-refractivity contribution in [3.63, 3.8) is 0 Å². The molecule has 3 nitrogen and oxygen atoms in total. The van der Waals surface area contributed by atoms with E-state index in [1.165, 1.54) is 24.1 Å². The number of aliphatic hydroxyl groups excluding tert-OH is 1. The zero-order chi connectivity index (χ0) is 14.4. The molecule has 0 spiro atoms. The highest BCUT2D eigenvalue weighted by Crippen LogP contribution is 2.26.